The molecule has 102 valence electrons. The molecule has 19 heavy (non-hydrogen) atoms. The van der Waals surface area contributed by atoms with Gasteiger partial charge in [0.25, 0.3) is 0 Å². The Kier molecular flexibility index (Phi) is 4.22. The number of nitrogens with zero attached hydrogens (tertiary/aromatic N) is 2. The highest BCUT2D eigenvalue weighted by Gasteiger charge is 2.04. The Labute approximate surface area is 114 Å². The van der Waals surface area contributed by atoms with Gasteiger partial charge in [-0.25, -0.2) is 4.98 Å². The molecular weight excluding hydrogens is 238 g/mol. The van der Waals surface area contributed by atoms with Crippen LogP contribution in [0.1, 0.15) is 22.9 Å². The van der Waals surface area contributed by atoms with Crippen LogP contribution in [0.4, 0.5) is 5.69 Å². The van der Waals surface area contributed by atoms with E-state index < -0.39 is 0 Å². The van der Waals surface area contributed by atoms with Crippen LogP contribution in [0, 0.1) is 13.8 Å². The number of nitrogens with one attached hydrogen (secondary N) is 1. The van der Waals surface area contributed by atoms with Crippen molar-refractivity contribution in [3.8, 4) is 0 Å². The molecule has 0 amide bonds. The molecule has 0 bridgehead atoms. The van der Waals surface area contributed by atoms with Gasteiger partial charge in [-0.3, -0.25) is 0 Å². The zero-order valence-corrected chi connectivity index (χ0v) is 12.0. The van der Waals surface area contributed by atoms with Crippen LogP contribution >= 0.6 is 0 Å². The first kappa shape index (κ1) is 13.6. The SMILES string of the molecule is Cc1nc(CNCc2ccc(N(C)C)cc2)oc1C. The first-order valence-electron chi connectivity index (χ1n) is 6.46. The van der Waals surface area contributed by atoms with Gasteiger partial charge in [0.1, 0.15) is 5.76 Å². The predicted molar refractivity (Wildman–Crippen MR) is 77.3 cm³/mol. The first-order valence-corrected chi connectivity index (χ1v) is 6.46. The van der Waals surface area contributed by atoms with Crippen molar-refractivity contribution in [3.63, 3.8) is 0 Å². The average molecular weight is 259 g/mol. The lowest BCUT2D eigenvalue weighted by Crippen LogP contribution is -2.13. The second-order valence-electron chi connectivity index (χ2n) is 4.91. The highest BCUT2D eigenvalue weighted by atomic mass is 16.4. The molecule has 0 aliphatic heterocycles. The number of hydrogen-bond donors (Lipinski definition) is 1. The molecule has 1 aromatic heterocycles. The Morgan fingerprint density at radius 1 is 1.11 bits per heavy atom. The maximum atomic E-state index is 5.52. The van der Waals surface area contributed by atoms with Crippen LogP contribution in [0.2, 0.25) is 0 Å². The van der Waals surface area contributed by atoms with Crippen LogP contribution in [-0.4, -0.2) is 19.1 Å². The Hall–Kier alpha value is -1.81. The van der Waals surface area contributed by atoms with Crippen LogP contribution in [-0.2, 0) is 13.1 Å². The van der Waals surface area contributed by atoms with Gasteiger partial charge < -0.3 is 14.6 Å². The van der Waals surface area contributed by atoms with E-state index in [2.05, 4.69) is 39.5 Å². The summed E-state index contributed by atoms with van der Waals surface area (Å²) in [7, 11) is 4.08. The van der Waals surface area contributed by atoms with Gasteiger partial charge >= 0.3 is 0 Å². The summed E-state index contributed by atoms with van der Waals surface area (Å²) in [5.74, 6) is 1.65. The fourth-order valence-corrected chi connectivity index (χ4v) is 1.84. The topological polar surface area (TPSA) is 41.3 Å². The molecule has 0 saturated carbocycles. The minimum Gasteiger partial charge on any atom is -0.444 e. The van der Waals surface area contributed by atoms with Crippen molar-refractivity contribution in [2.45, 2.75) is 26.9 Å². The fourth-order valence-electron chi connectivity index (χ4n) is 1.84. The van der Waals surface area contributed by atoms with E-state index in [9.17, 15) is 0 Å². The maximum Gasteiger partial charge on any atom is 0.208 e. The molecule has 1 aromatic carbocycles. The number of anilines is 1. The lowest BCUT2D eigenvalue weighted by atomic mass is 10.2. The van der Waals surface area contributed by atoms with Crippen LogP contribution < -0.4 is 10.2 Å². The molecule has 4 nitrogen and oxygen atoms in total. The van der Waals surface area contributed by atoms with Gasteiger partial charge in [0, 0.05) is 26.3 Å². The van der Waals surface area contributed by atoms with Crippen molar-refractivity contribution in [3.05, 3.63) is 47.2 Å². The second kappa shape index (κ2) is 5.89. The van der Waals surface area contributed by atoms with E-state index in [0.717, 1.165) is 23.9 Å². The third-order valence-electron chi connectivity index (χ3n) is 3.13. The van der Waals surface area contributed by atoms with Gasteiger partial charge in [-0.05, 0) is 31.5 Å². The highest BCUT2D eigenvalue weighted by Crippen LogP contribution is 2.12. The average Bonchev–Trinajstić information content (AvgIpc) is 2.69. The minimum atomic E-state index is 0.657. The number of rotatable bonds is 5. The predicted octanol–water partition coefficient (Wildman–Crippen LogP) is 2.65. The van der Waals surface area contributed by atoms with Gasteiger partial charge in [0.05, 0.1) is 12.2 Å². The van der Waals surface area contributed by atoms with Gasteiger partial charge in [-0.1, -0.05) is 12.1 Å². The standard InChI is InChI=1S/C15H21N3O/c1-11-12(2)19-15(17-11)10-16-9-13-5-7-14(8-6-13)18(3)4/h5-8,16H,9-10H2,1-4H3. The lowest BCUT2D eigenvalue weighted by molar-refractivity contribution is 0.448. The second-order valence-corrected chi connectivity index (χ2v) is 4.91. The van der Waals surface area contributed by atoms with Crippen molar-refractivity contribution < 1.29 is 4.42 Å². The van der Waals surface area contributed by atoms with E-state index in [-0.39, 0.29) is 0 Å². The molecule has 0 unspecified atom stereocenters. The number of benzene rings is 1. The molecule has 0 radical (unpaired) electrons. The number of aromatic nitrogens is 1. The number of aryl methyl sites for hydroxylation is 2. The summed E-state index contributed by atoms with van der Waals surface area (Å²) < 4.78 is 5.52. The van der Waals surface area contributed by atoms with Gasteiger partial charge in [-0.2, -0.15) is 0 Å². The number of hydrogen-bond acceptors (Lipinski definition) is 4. The zero-order valence-electron chi connectivity index (χ0n) is 12.0. The summed E-state index contributed by atoms with van der Waals surface area (Å²) >= 11 is 0. The third-order valence-corrected chi connectivity index (χ3v) is 3.13. The van der Waals surface area contributed by atoms with E-state index in [1.54, 1.807) is 0 Å². The van der Waals surface area contributed by atoms with Crippen LogP contribution in [0.3, 0.4) is 0 Å². The fraction of sp³-hybridized carbons (Fsp3) is 0.400. The Morgan fingerprint density at radius 3 is 2.32 bits per heavy atom. The summed E-state index contributed by atoms with van der Waals surface area (Å²) in [6.45, 7) is 5.37. The molecule has 0 atom stereocenters. The van der Waals surface area contributed by atoms with Crippen molar-refractivity contribution >= 4 is 5.69 Å². The summed E-state index contributed by atoms with van der Waals surface area (Å²) in [4.78, 5) is 6.44. The number of oxazole rings is 1. The van der Waals surface area contributed by atoms with E-state index >= 15 is 0 Å². The molecule has 4 heteroatoms. The molecule has 2 rings (SSSR count). The van der Waals surface area contributed by atoms with Gasteiger partial charge in [-0.15, -0.1) is 0 Å². The molecule has 0 aliphatic carbocycles. The van der Waals surface area contributed by atoms with E-state index in [0.29, 0.717) is 6.54 Å². The van der Waals surface area contributed by atoms with Gasteiger partial charge in [0.15, 0.2) is 0 Å². The molecule has 0 spiro atoms. The van der Waals surface area contributed by atoms with Crippen molar-refractivity contribution in [1.82, 2.24) is 10.3 Å². The summed E-state index contributed by atoms with van der Waals surface area (Å²) in [6, 6.07) is 8.51. The minimum absolute atomic E-state index is 0.657. The molecular formula is C15H21N3O. The van der Waals surface area contributed by atoms with Crippen LogP contribution in [0.25, 0.3) is 0 Å². The normalized spacial score (nSPS) is 10.7. The van der Waals surface area contributed by atoms with E-state index in [4.69, 9.17) is 4.42 Å². The van der Waals surface area contributed by atoms with Crippen molar-refractivity contribution in [2.24, 2.45) is 0 Å². The smallest absolute Gasteiger partial charge is 0.208 e. The highest BCUT2D eigenvalue weighted by molar-refractivity contribution is 5.45. The molecule has 0 aliphatic rings. The molecule has 1 heterocycles. The van der Waals surface area contributed by atoms with E-state index in [1.807, 2.05) is 27.9 Å². The quantitative estimate of drug-likeness (QED) is 0.896. The first-order chi connectivity index (χ1) is 9.06. The molecule has 0 saturated heterocycles. The van der Waals surface area contributed by atoms with Crippen molar-refractivity contribution in [1.29, 1.82) is 0 Å². The lowest BCUT2D eigenvalue weighted by Gasteiger charge is -2.12. The van der Waals surface area contributed by atoms with Crippen LogP contribution in [0.15, 0.2) is 28.7 Å². The third kappa shape index (κ3) is 3.58. The molecule has 0 fully saturated rings. The van der Waals surface area contributed by atoms with Crippen molar-refractivity contribution in [2.75, 3.05) is 19.0 Å². The Balaban J connectivity index is 1.85. The summed E-state index contributed by atoms with van der Waals surface area (Å²) in [5.41, 5.74) is 3.43. The van der Waals surface area contributed by atoms with Crippen LogP contribution in [0.5, 0.6) is 0 Å². The monoisotopic (exact) mass is 259 g/mol. The summed E-state index contributed by atoms with van der Waals surface area (Å²) in [5, 5.41) is 3.34. The maximum absolute atomic E-state index is 5.52. The molecule has 1 N–H and O–H groups in total. The largest absolute Gasteiger partial charge is 0.444 e. The molecule has 2 aromatic rings. The Bertz CT molecular complexity index is 509. The van der Waals surface area contributed by atoms with E-state index in [1.165, 1.54) is 11.3 Å². The summed E-state index contributed by atoms with van der Waals surface area (Å²) in [6.07, 6.45) is 0. The zero-order chi connectivity index (χ0) is 13.8. The van der Waals surface area contributed by atoms with Gasteiger partial charge in [0.2, 0.25) is 5.89 Å². The Morgan fingerprint density at radius 2 is 1.79 bits per heavy atom.